The Morgan fingerprint density at radius 1 is 1.10 bits per heavy atom. The van der Waals surface area contributed by atoms with Crippen molar-refractivity contribution < 1.29 is 9.32 Å². The average Bonchev–Trinajstić information content (AvgIpc) is 3.32. The van der Waals surface area contributed by atoms with Gasteiger partial charge in [0.1, 0.15) is 5.76 Å². The van der Waals surface area contributed by atoms with Gasteiger partial charge in [-0.05, 0) is 41.0 Å². The predicted molar refractivity (Wildman–Crippen MR) is 113 cm³/mol. The molecule has 0 aliphatic rings. The lowest BCUT2D eigenvalue weighted by Gasteiger charge is -2.09. The highest BCUT2D eigenvalue weighted by Crippen LogP contribution is 2.33. The van der Waals surface area contributed by atoms with Crippen molar-refractivity contribution in [1.82, 2.24) is 15.4 Å². The van der Waals surface area contributed by atoms with Gasteiger partial charge in [-0.3, -0.25) is 9.89 Å². The lowest BCUT2D eigenvalue weighted by atomic mass is 9.94. The number of hydrogen-bond donors (Lipinski definition) is 2. The number of fused-ring (bicyclic) bond motifs is 2. The van der Waals surface area contributed by atoms with Crippen molar-refractivity contribution in [3.8, 4) is 11.1 Å². The number of nitrogens with two attached hydrogens (primary N) is 1. The number of rotatable bonds is 4. The van der Waals surface area contributed by atoms with Crippen molar-refractivity contribution in [3.63, 3.8) is 0 Å². The maximum Gasteiger partial charge on any atom is 0.169 e. The van der Waals surface area contributed by atoms with E-state index in [0.29, 0.717) is 22.8 Å². The molecule has 0 fully saturated rings. The molecule has 3 aromatic carbocycles. The van der Waals surface area contributed by atoms with Gasteiger partial charge in [-0.1, -0.05) is 47.6 Å². The smallest absolute Gasteiger partial charge is 0.169 e. The summed E-state index contributed by atoms with van der Waals surface area (Å²) in [5, 5.41) is 13.8. The summed E-state index contributed by atoms with van der Waals surface area (Å²) in [6.45, 7) is 1.81. The summed E-state index contributed by atoms with van der Waals surface area (Å²) in [5.41, 5.74) is 10.3. The Labute approximate surface area is 166 Å². The Morgan fingerprint density at radius 2 is 1.97 bits per heavy atom. The molecule has 0 unspecified atom stereocenters. The van der Waals surface area contributed by atoms with Crippen LogP contribution in [0, 0.1) is 6.92 Å². The normalized spacial score (nSPS) is 11.3. The molecule has 0 saturated carbocycles. The maximum absolute atomic E-state index is 12.9. The van der Waals surface area contributed by atoms with Crippen molar-refractivity contribution in [2.24, 2.45) is 0 Å². The molecular formula is C23H18N4O2. The molecule has 0 aliphatic heterocycles. The van der Waals surface area contributed by atoms with Crippen LogP contribution in [0.5, 0.6) is 0 Å². The Bertz CT molecular complexity index is 1380. The van der Waals surface area contributed by atoms with Crippen molar-refractivity contribution >= 4 is 33.3 Å². The Morgan fingerprint density at radius 3 is 2.79 bits per heavy atom. The predicted octanol–water partition coefficient (Wildman–Crippen LogP) is 4.69. The van der Waals surface area contributed by atoms with E-state index < -0.39 is 0 Å². The molecular weight excluding hydrogens is 364 g/mol. The largest absolute Gasteiger partial charge is 0.382 e. The first-order valence-electron chi connectivity index (χ1n) is 9.31. The molecule has 142 valence electrons. The molecule has 3 N–H and O–H groups in total. The molecule has 5 rings (SSSR count). The highest BCUT2D eigenvalue weighted by Gasteiger charge is 2.15. The van der Waals surface area contributed by atoms with Crippen LogP contribution in [0.3, 0.4) is 0 Å². The van der Waals surface area contributed by atoms with Gasteiger partial charge < -0.3 is 10.3 Å². The molecule has 6 nitrogen and oxygen atoms in total. The van der Waals surface area contributed by atoms with Crippen molar-refractivity contribution in [3.05, 3.63) is 77.7 Å². The number of Topliss-reactive ketones (excluding diaryl/α,β-unsaturated/α-hetero) is 1. The Balaban J connectivity index is 1.58. The molecule has 2 aromatic heterocycles. The second-order valence-corrected chi connectivity index (χ2v) is 7.11. The zero-order valence-corrected chi connectivity index (χ0v) is 15.8. The van der Waals surface area contributed by atoms with E-state index in [9.17, 15) is 4.79 Å². The molecule has 0 aliphatic carbocycles. The average molecular weight is 382 g/mol. The molecule has 29 heavy (non-hydrogen) atoms. The molecule has 2 heterocycles. The van der Waals surface area contributed by atoms with Crippen LogP contribution in [0.2, 0.25) is 0 Å². The SMILES string of the molecule is Cc1cc(CC(=O)c2cccc3cc(-c4cccc5[nH]nc(N)c45)ccc23)no1. The first kappa shape index (κ1) is 17.2. The van der Waals surface area contributed by atoms with Crippen LogP contribution in [0.25, 0.3) is 32.8 Å². The van der Waals surface area contributed by atoms with E-state index in [1.165, 1.54) is 0 Å². The summed E-state index contributed by atoms with van der Waals surface area (Å²) >= 11 is 0. The zero-order chi connectivity index (χ0) is 20.0. The molecule has 0 radical (unpaired) electrons. The van der Waals surface area contributed by atoms with Crippen LogP contribution < -0.4 is 5.73 Å². The molecule has 0 amide bonds. The van der Waals surface area contributed by atoms with E-state index in [4.69, 9.17) is 10.3 Å². The highest BCUT2D eigenvalue weighted by molar-refractivity contribution is 6.10. The molecule has 0 atom stereocenters. The minimum Gasteiger partial charge on any atom is -0.382 e. The minimum absolute atomic E-state index is 0.0119. The third kappa shape index (κ3) is 2.95. The first-order valence-corrected chi connectivity index (χ1v) is 9.31. The van der Waals surface area contributed by atoms with Crippen LogP contribution in [0.15, 0.2) is 65.2 Å². The first-order chi connectivity index (χ1) is 14.1. The van der Waals surface area contributed by atoms with Crippen molar-refractivity contribution in [2.75, 3.05) is 5.73 Å². The van der Waals surface area contributed by atoms with Gasteiger partial charge in [0.25, 0.3) is 0 Å². The highest BCUT2D eigenvalue weighted by atomic mass is 16.5. The zero-order valence-electron chi connectivity index (χ0n) is 15.8. The van der Waals surface area contributed by atoms with E-state index in [1.807, 2.05) is 55.5 Å². The summed E-state index contributed by atoms with van der Waals surface area (Å²) < 4.78 is 5.07. The maximum atomic E-state index is 12.9. The third-order valence-corrected chi connectivity index (χ3v) is 5.13. The van der Waals surface area contributed by atoms with Gasteiger partial charge in [0, 0.05) is 11.6 Å². The molecule has 0 saturated heterocycles. The number of nitrogens with zero attached hydrogens (tertiary/aromatic N) is 2. The molecule has 0 spiro atoms. The fourth-order valence-electron chi connectivity index (χ4n) is 3.79. The second kappa shape index (κ2) is 6.60. The lowest BCUT2D eigenvalue weighted by Crippen LogP contribution is -2.04. The number of aromatic nitrogens is 3. The van der Waals surface area contributed by atoms with E-state index in [-0.39, 0.29) is 12.2 Å². The second-order valence-electron chi connectivity index (χ2n) is 7.11. The summed E-state index contributed by atoms with van der Waals surface area (Å²) in [6.07, 6.45) is 0.211. The van der Waals surface area contributed by atoms with Crippen LogP contribution >= 0.6 is 0 Å². The summed E-state index contributed by atoms with van der Waals surface area (Å²) in [5.74, 6) is 1.18. The minimum atomic E-state index is 0.0119. The van der Waals surface area contributed by atoms with Crippen molar-refractivity contribution in [1.29, 1.82) is 0 Å². The lowest BCUT2D eigenvalue weighted by molar-refractivity contribution is 0.0992. The number of benzene rings is 3. The summed E-state index contributed by atoms with van der Waals surface area (Å²) in [6, 6.07) is 19.6. The number of carbonyl (C=O) groups excluding carboxylic acids is 1. The van der Waals surface area contributed by atoms with E-state index in [2.05, 4.69) is 21.4 Å². The van der Waals surface area contributed by atoms with Crippen LogP contribution in [-0.2, 0) is 6.42 Å². The number of aryl methyl sites for hydroxylation is 1. The van der Waals surface area contributed by atoms with Crippen molar-refractivity contribution in [2.45, 2.75) is 13.3 Å². The Hall–Kier alpha value is -3.93. The van der Waals surface area contributed by atoms with Gasteiger partial charge in [0.15, 0.2) is 11.6 Å². The number of H-pyrrole nitrogens is 1. The fourth-order valence-corrected chi connectivity index (χ4v) is 3.79. The monoisotopic (exact) mass is 382 g/mol. The standard InChI is InChI=1S/C23H18N4O2/c1-13-10-16(27-29-13)12-21(28)19-6-2-4-14-11-15(8-9-17(14)19)18-5-3-7-20-22(18)23(24)26-25-20/h2-11H,12H2,1H3,(H3,24,25,26). The third-order valence-electron chi connectivity index (χ3n) is 5.13. The topological polar surface area (TPSA) is 97.8 Å². The van der Waals surface area contributed by atoms with Crippen LogP contribution in [0.4, 0.5) is 5.82 Å². The summed E-state index contributed by atoms with van der Waals surface area (Å²) in [4.78, 5) is 12.9. The van der Waals surface area contributed by atoms with Gasteiger partial charge in [0.05, 0.1) is 23.0 Å². The van der Waals surface area contributed by atoms with Gasteiger partial charge in [-0.2, -0.15) is 5.10 Å². The van der Waals surface area contributed by atoms with Crippen LogP contribution in [0.1, 0.15) is 21.8 Å². The number of aromatic amines is 1. The molecule has 0 bridgehead atoms. The number of nitrogen functional groups attached to an aromatic ring is 1. The van der Waals surface area contributed by atoms with E-state index >= 15 is 0 Å². The van der Waals surface area contributed by atoms with E-state index in [1.54, 1.807) is 6.07 Å². The number of hydrogen-bond acceptors (Lipinski definition) is 5. The Kier molecular flexibility index (Phi) is 3.91. The van der Waals surface area contributed by atoms with Crippen LogP contribution in [-0.4, -0.2) is 21.1 Å². The van der Waals surface area contributed by atoms with Gasteiger partial charge in [-0.15, -0.1) is 0 Å². The number of nitrogens with one attached hydrogen (secondary N) is 1. The summed E-state index contributed by atoms with van der Waals surface area (Å²) in [7, 11) is 0. The van der Waals surface area contributed by atoms with Gasteiger partial charge >= 0.3 is 0 Å². The fraction of sp³-hybridized carbons (Fsp3) is 0.0870. The number of carbonyl (C=O) groups is 1. The molecule has 6 heteroatoms. The van der Waals surface area contributed by atoms with Gasteiger partial charge in [0.2, 0.25) is 0 Å². The quantitative estimate of drug-likeness (QED) is 0.440. The molecule has 5 aromatic rings. The number of anilines is 1. The van der Waals surface area contributed by atoms with E-state index in [0.717, 1.165) is 32.8 Å². The number of ketones is 1. The van der Waals surface area contributed by atoms with Gasteiger partial charge in [-0.25, -0.2) is 0 Å².